The third-order valence-electron chi connectivity index (χ3n) is 3.58. The average molecular weight is 364 g/mol. The number of methoxy groups -OCH3 is 1. The molecule has 0 saturated heterocycles. The third-order valence-corrected chi connectivity index (χ3v) is 3.58. The Labute approximate surface area is 150 Å². The molecule has 0 rings (SSSR count). The minimum Gasteiger partial charge on any atom is -0.476 e. The molecule has 0 spiro atoms. The molecule has 0 amide bonds. The molecule has 1 N–H and O–H groups in total. The summed E-state index contributed by atoms with van der Waals surface area (Å²) >= 11 is 0. The van der Waals surface area contributed by atoms with Crippen LogP contribution in [-0.4, -0.2) is 64.0 Å². The second-order valence-electron chi connectivity index (χ2n) is 5.95. The summed E-state index contributed by atoms with van der Waals surface area (Å²) in [6.45, 7) is 9.46. The molecule has 148 valence electrons. The highest BCUT2D eigenvalue weighted by atomic mass is 16.7. The van der Waals surface area contributed by atoms with Crippen molar-refractivity contribution in [3.8, 4) is 0 Å². The number of aliphatic hydroxyl groups is 1. The Kier molecular flexibility index (Phi) is 13.4. The molecular weight excluding hydrogens is 332 g/mol. The number of carbonyl (C=O) groups is 1. The molecule has 0 aromatic rings. The smallest absolute Gasteiger partial charge is 0.311 e. The third kappa shape index (κ3) is 11.9. The van der Waals surface area contributed by atoms with Crippen molar-refractivity contribution in [2.24, 2.45) is 5.41 Å². The minimum absolute atomic E-state index is 0.0263. The van der Waals surface area contributed by atoms with Crippen molar-refractivity contribution in [2.45, 2.75) is 46.0 Å². The van der Waals surface area contributed by atoms with E-state index in [4.69, 9.17) is 28.4 Å². The molecule has 0 aromatic heterocycles. The van der Waals surface area contributed by atoms with Crippen molar-refractivity contribution in [3.05, 3.63) is 12.8 Å². The second-order valence-corrected chi connectivity index (χ2v) is 5.95. The lowest BCUT2D eigenvalue weighted by atomic mass is 9.91. The number of hydrogen-bond acceptors (Lipinski definition) is 8. The van der Waals surface area contributed by atoms with E-state index < -0.39 is 17.8 Å². The van der Waals surface area contributed by atoms with Crippen molar-refractivity contribution < 1.29 is 38.3 Å². The highest BCUT2D eigenvalue weighted by molar-refractivity contribution is 5.75. The Balaban J connectivity index is 4.21. The van der Waals surface area contributed by atoms with Crippen LogP contribution in [0.15, 0.2) is 12.8 Å². The van der Waals surface area contributed by atoms with Gasteiger partial charge in [0.2, 0.25) is 0 Å². The molecule has 0 aromatic carbocycles. The predicted molar refractivity (Wildman–Crippen MR) is 90.5 cm³/mol. The van der Waals surface area contributed by atoms with E-state index in [1.807, 2.05) is 20.8 Å². The van der Waals surface area contributed by atoms with Crippen LogP contribution in [0.3, 0.4) is 0 Å². The molecule has 2 unspecified atom stereocenters. The molecule has 0 aliphatic heterocycles. The lowest BCUT2D eigenvalue weighted by molar-refractivity contribution is -0.172. The monoisotopic (exact) mass is 364 g/mol. The largest absolute Gasteiger partial charge is 0.476 e. The van der Waals surface area contributed by atoms with Gasteiger partial charge < -0.3 is 33.5 Å². The fraction of sp³-hybridized carbons (Fsp3) is 0.824. The molecule has 25 heavy (non-hydrogen) atoms. The van der Waals surface area contributed by atoms with E-state index in [0.29, 0.717) is 12.8 Å². The van der Waals surface area contributed by atoms with E-state index >= 15 is 0 Å². The molecule has 0 saturated carbocycles. The van der Waals surface area contributed by atoms with E-state index in [1.54, 1.807) is 0 Å². The number of carbonyl (C=O) groups excluding carboxylic acids is 1. The topological polar surface area (TPSA) is 92.7 Å². The van der Waals surface area contributed by atoms with Gasteiger partial charge in [0.1, 0.15) is 19.5 Å². The summed E-state index contributed by atoms with van der Waals surface area (Å²) in [6, 6.07) is 0. The molecule has 8 nitrogen and oxygen atoms in total. The summed E-state index contributed by atoms with van der Waals surface area (Å²) in [5.74, 6) is -0.296. The van der Waals surface area contributed by atoms with Crippen LogP contribution in [0.5, 0.6) is 0 Å². The summed E-state index contributed by atoms with van der Waals surface area (Å²) < 4.78 is 30.9. The van der Waals surface area contributed by atoms with Gasteiger partial charge in [-0.3, -0.25) is 4.79 Å². The highest BCUT2D eigenvalue weighted by Crippen LogP contribution is 2.21. The van der Waals surface area contributed by atoms with Gasteiger partial charge >= 0.3 is 5.97 Å². The first-order chi connectivity index (χ1) is 11.9. The molecule has 0 aliphatic carbocycles. The maximum atomic E-state index is 12.0. The molecule has 8 heteroatoms. The zero-order chi connectivity index (χ0) is 19.1. The van der Waals surface area contributed by atoms with Crippen molar-refractivity contribution in [3.63, 3.8) is 0 Å². The normalized spacial score (nSPS) is 14.0. The van der Waals surface area contributed by atoms with Gasteiger partial charge in [-0.15, -0.1) is 0 Å². The van der Waals surface area contributed by atoms with Crippen LogP contribution in [0.2, 0.25) is 0 Å². The molecule has 0 bridgehead atoms. The van der Waals surface area contributed by atoms with Crippen LogP contribution in [0.25, 0.3) is 0 Å². The molecule has 0 aliphatic rings. The van der Waals surface area contributed by atoms with E-state index in [1.165, 1.54) is 13.4 Å². The zero-order valence-corrected chi connectivity index (χ0v) is 15.7. The molecule has 0 fully saturated rings. The summed E-state index contributed by atoms with van der Waals surface area (Å²) in [4.78, 5) is 12.0. The lowest BCUT2D eigenvalue weighted by Crippen LogP contribution is -2.33. The summed E-state index contributed by atoms with van der Waals surface area (Å²) in [6.07, 6.45) is 0.897. The lowest BCUT2D eigenvalue weighted by Gasteiger charge is -2.23. The number of aliphatic hydroxyl groups excluding tert-OH is 1. The van der Waals surface area contributed by atoms with Gasteiger partial charge in [-0.1, -0.05) is 13.5 Å². The Hall–Kier alpha value is -1.19. The summed E-state index contributed by atoms with van der Waals surface area (Å²) in [5, 5.41) is 9.24. The van der Waals surface area contributed by atoms with Crippen molar-refractivity contribution >= 4 is 5.97 Å². The Bertz CT molecular complexity index is 359. The van der Waals surface area contributed by atoms with E-state index in [0.717, 1.165) is 0 Å². The van der Waals surface area contributed by atoms with Gasteiger partial charge in [0.05, 0.1) is 24.9 Å². The van der Waals surface area contributed by atoms with Crippen LogP contribution >= 0.6 is 0 Å². The van der Waals surface area contributed by atoms with Crippen LogP contribution < -0.4 is 0 Å². The van der Waals surface area contributed by atoms with E-state index in [9.17, 15) is 9.90 Å². The number of esters is 1. The van der Waals surface area contributed by atoms with Gasteiger partial charge in [-0.25, -0.2) is 0 Å². The van der Waals surface area contributed by atoms with Crippen LogP contribution in [0.1, 0.15) is 33.6 Å². The fourth-order valence-corrected chi connectivity index (χ4v) is 1.43. The number of hydrogen-bond donors (Lipinski definition) is 1. The van der Waals surface area contributed by atoms with Gasteiger partial charge in [0.25, 0.3) is 0 Å². The number of ether oxygens (including phenoxy) is 6. The quantitative estimate of drug-likeness (QED) is 0.192. The molecule has 0 radical (unpaired) electrons. The Morgan fingerprint density at radius 1 is 1.24 bits per heavy atom. The first-order valence-corrected chi connectivity index (χ1v) is 8.25. The van der Waals surface area contributed by atoms with Crippen molar-refractivity contribution in [1.29, 1.82) is 0 Å². The predicted octanol–water partition coefficient (Wildman–Crippen LogP) is 1.81. The molecule has 0 heterocycles. The molecule has 2 atom stereocenters. The van der Waals surface area contributed by atoms with Crippen LogP contribution in [-0.2, 0) is 33.2 Å². The van der Waals surface area contributed by atoms with Crippen LogP contribution in [0.4, 0.5) is 0 Å². The second kappa shape index (κ2) is 14.0. The first kappa shape index (κ1) is 23.8. The zero-order valence-electron chi connectivity index (χ0n) is 15.7. The SMILES string of the molecule is C=COCOCC(COC(=O)C(C)(C)CC)OCOCCC(O)OC. The van der Waals surface area contributed by atoms with E-state index in [-0.39, 0.29) is 39.4 Å². The summed E-state index contributed by atoms with van der Waals surface area (Å²) in [7, 11) is 1.41. The van der Waals surface area contributed by atoms with E-state index in [2.05, 4.69) is 6.58 Å². The Morgan fingerprint density at radius 3 is 2.56 bits per heavy atom. The minimum atomic E-state index is -0.868. The maximum Gasteiger partial charge on any atom is 0.311 e. The highest BCUT2D eigenvalue weighted by Gasteiger charge is 2.28. The van der Waals surface area contributed by atoms with Gasteiger partial charge in [-0.05, 0) is 20.3 Å². The van der Waals surface area contributed by atoms with Crippen molar-refractivity contribution in [1.82, 2.24) is 0 Å². The molecular formula is C17H32O8. The maximum absolute atomic E-state index is 12.0. The van der Waals surface area contributed by atoms with Gasteiger partial charge in [0.15, 0.2) is 13.1 Å². The van der Waals surface area contributed by atoms with Gasteiger partial charge in [-0.2, -0.15) is 0 Å². The van der Waals surface area contributed by atoms with Gasteiger partial charge in [0, 0.05) is 13.5 Å². The van der Waals surface area contributed by atoms with Crippen molar-refractivity contribution in [2.75, 3.05) is 40.5 Å². The standard InChI is InChI=1S/C17H32O8/c1-6-17(3,4)16(19)24-11-14(10-23-12-21-7-2)25-13-22-9-8-15(18)20-5/h7,14-15,18H,2,6,8-13H2,1,3-5H3. The number of rotatable bonds is 16. The Morgan fingerprint density at radius 2 is 1.96 bits per heavy atom. The van der Waals surface area contributed by atoms with Crippen LogP contribution in [0, 0.1) is 5.41 Å². The first-order valence-electron chi connectivity index (χ1n) is 8.25. The average Bonchev–Trinajstić information content (AvgIpc) is 2.61. The summed E-state index contributed by atoms with van der Waals surface area (Å²) in [5.41, 5.74) is -0.551. The fourth-order valence-electron chi connectivity index (χ4n) is 1.43.